The van der Waals surface area contributed by atoms with Crippen LogP contribution in [0.1, 0.15) is 38.5 Å². The van der Waals surface area contributed by atoms with Crippen LogP contribution in [0.4, 0.5) is 11.8 Å². The molecule has 0 bridgehead atoms. The molecular formula is C16H24N4S. The van der Waals surface area contributed by atoms with Gasteiger partial charge in [0.1, 0.15) is 10.6 Å². The van der Waals surface area contributed by atoms with Gasteiger partial charge in [0.2, 0.25) is 5.95 Å². The maximum Gasteiger partial charge on any atom is 0.226 e. The van der Waals surface area contributed by atoms with E-state index in [-0.39, 0.29) is 0 Å². The van der Waals surface area contributed by atoms with Gasteiger partial charge in [0, 0.05) is 24.5 Å². The largest absolute Gasteiger partial charge is 0.356 e. The molecule has 1 atom stereocenters. The third-order valence-corrected chi connectivity index (χ3v) is 5.44. The summed E-state index contributed by atoms with van der Waals surface area (Å²) >= 11 is 1.80. The lowest BCUT2D eigenvalue weighted by atomic mass is 10.1. The SMILES string of the molecule is CCNc1nc(N2CCC(CC)C2)c2cc(CC)sc2n1. The number of anilines is 2. The zero-order valence-electron chi connectivity index (χ0n) is 13.1. The van der Waals surface area contributed by atoms with Crippen molar-refractivity contribution in [2.75, 3.05) is 29.9 Å². The van der Waals surface area contributed by atoms with Crippen molar-refractivity contribution in [3.05, 3.63) is 10.9 Å². The molecule has 3 heterocycles. The number of fused-ring (bicyclic) bond motifs is 1. The minimum Gasteiger partial charge on any atom is -0.356 e. The van der Waals surface area contributed by atoms with Crippen LogP contribution >= 0.6 is 11.3 Å². The summed E-state index contributed by atoms with van der Waals surface area (Å²) in [6, 6.07) is 2.28. The van der Waals surface area contributed by atoms with Crippen LogP contribution in [0.2, 0.25) is 0 Å². The van der Waals surface area contributed by atoms with E-state index in [1.807, 2.05) is 0 Å². The van der Waals surface area contributed by atoms with Crippen molar-refractivity contribution in [1.29, 1.82) is 0 Å². The van der Waals surface area contributed by atoms with E-state index in [0.717, 1.165) is 48.6 Å². The zero-order valence-corrected chi connectivity index (χ0v) is 14.0. The molecule has 0 aliphatic carbocycles. The third-order valence-electron chi connectivity index (χ3n) is 4.27. The maximum atomic E-state index is 4.80. The summed E-state index contributed by atoms with van der Waals surface area (Å²) in [6.45, 7) is 9.68. The van der Waals surface area contributed by atoms with Crippen LogP contribution in [0.15, 0.2) is 6.07 Å². The van der Waals surface area contributed by atoms with E-state index in [2.05, 4.69) is 42.0 Å². The zero-order chi connectivity index (χ0) is 14.8. The van der Waals surface area contributed by atoms with Gasteiger partial charge in [0.05, 0.1) is 5.39 Å². The molecule has 2 aromatic heterocycles. The van der Waals surface area contributed by atoms with E-state index < -0.39 is 0 Å². The molecule has 0 radical (unpaired) electrons. The Morgan fingerprint density at radius 2 is 2.19 bits per heavy atom. The second-order valence-corrected chi connectivity index (χ2v) is 6.81. The number of nitrogens with one attached hydrogen (secondary N) is 1. The number of hydrogen-bond donors (Lipinski definition) is 1. The summed E-state index contributed by atoms with van der Waals surface area (Å²) in [5.74, 6) is 2.70. The van der Waals surface area contributed by atoms with Gasteiger partial charge in [-0.1, -0.05) is 20.3 Å². The Kier molecular flexibility index (Phi) is 4.29. The van der Waals surface area contributed by atoms with Crippen molar-refractivity contribution >= 4 is 33.3 Å². The quantitative estimate of drug-likeness (QED) is 0.909. The molecule has 1 fully saturated rings. The Labute approximate surface area is 130 Å². The van der Waals surface area contributed by atoms with Crippen LogP contribution < -0.4 is 10.2 Å². The monoisotopic (exact) mass is 304 g/mol. The fourth-order valence-corrected chi connectivity index (χ4v) is 3.93. The van der Waals surface area contributed by atoms with Crippen LogP contribution in [0, 0.1) is 5.92 Å². The highest BCUT2D eigenvalue weighted by Gasteiger charge is 2.25. The van der Waals surface area contributed by atoms with Gasteiger partial charge in [-0.15, -0.1) is 11.3 Å². The van der Waals surface area contributed by atoms with Crippen molar-refractivity contribution in [3.8, 4) is 0 Å². The smallest absolute Gasteiger partial charge is 0.226 e. The molecule has 1 N–H and O–H groups in total. The Morgan fingerprint density at radius 1 is 1.33 bits per heavy atom. The Morgan fingerprint density at radius 3 is 2.86 bits per heavy atom. The van der Waals surface area contributed by atoms with E-state index in [4.69, 9.17) is 4.98 Å². The molecule has 21 heavy (non-hydrogen) atoms. The van der Waals surface area contributed by atoms with Gasteiger partial charge in [-0.2, -0.15) is 4.98 Å². The van der Waals surface area contributed by atoms with Gasteiger partial charge in [0.25, 0.3) is 0 Å². The molecule has 0 spiro atoms. The van der Waals surface area contributed by atoms with Gasteiger partial charge in [-0.25, -0.2) is 4.98 Å². The normalized spacial score (nSPS) is 18.6. The molecule has 3 rings (SSSR count). The standard InChI is InChI=1S/C16H24N4S/c1-4-11-7-8-20(10-11)14-13-9-12(5-2)21-15(13)19-16(18-14)17-6-3/h9,11H,4-8,10H2,1-3H3,(H,17,18,19). The van der Waals surface area contributed by atoms with Crippen molar-refractivity contribution < 1.29 is 0 Å². The van der Waals surface area contributed by atoms with E-state index in [1.54, 1.807) is 11.3 Å². The fraction of sp³-hybridized carbons (Fsp3) is 0.625. The minimum atomic E-state index is 0.768. The minimum absolute atomic E-state index is 0.768. The fourth-order valence-electron chi connectivity index (χ4n) is 2.97. The highest BCUT2D eigenvalue weighted by molar-refractivity contribution is 7.18. The number of nitrogens with zero attached hydrogens (tertiary/aromatic N) is 3. The first-order valence-electron chi connectivity index (χ1n) is 8.04. The predicted octanol–water partition coefficient (Wildman–Crippen LogP) is 3.92. The maximum absolute atomic E-state index is 4.80. The highest BCUT2D eigenvalue weighted by Crippen LogP contribution is 2.35. The van der Waals surface area contributed by atoms with Crippen molar-refractivity contribution in [3.63, 3.8) is 0 Å². The van der Waals surface area contributed by atoms with Gasteiger partial charge in [-0.05, 0) is 31.7 Å². The number of rotatable bonds is 5. The van der Waals surface area contributed by atoms with Gasteiger partial charge >= 0.3 is 0 Å². The number of aryl methyl sites for hydroxylation is 1. The first kappa shape index (κ1) is 14.6. The average Bonchev–Trinajstić information content (AvgIpc) is 3.12. The molecule has 114 valence electrons. The van der Waals surface area contributed by atoms with E-state index in [0.29, 0.717) is 0 Å². The molecule has 1 unspecified atom stereocenters. The molecule has 1 aliphatic heterocycles. The molecule has 1 aliphatic rings. The topological polar surface area (TPSA) is 41.1 Å². The van der Waals surface area contributed by atoms with Crippen LogP contribution in [0.3, 0.4) is 0 Å². The first-order chi connectivity index (χ1) is 10.2. The Hall–Kier alpha value is -1.36. The van der Waals surface area contributed by atoms with Crippen LogP contribution in [-0.4, -0.2) is 29.6 Å². The van der Waals surface area contributed by atoms with E-state index in [1.165, 1.54) is 23.1 Å². The van der Waals surface area contributed by atoms with Gasteiger partial charge < -0.3 is 10.2 Å². The Balaban J connectivity index is 2.03. The average molecular weight is 304 g/mol. The summed E-state index contributed by atoms with van der Waals surface area (Å²) in [5, 5.41) is 4.51. The second-order valence-electron chi connectivity index (χ2n) is 5.70. The second kappa shape index (κ2) is 6.18. The Bertz CT molecular complexity index is 622. The van der Waals surface area contributed by atoms with Crippen molar-refractivity contribution in [1.82, 2.24) is 9.97 Å². The summed E-state index contributed by atoms with van der Waals surface area (Å²) in [5.41, 5.74) is 0. The molecule has 0 amide bonds. The van der Waals surface area contributed by atoms with Gasteiger partial charge in [-0.3, -0.25) is 0 Å². The summed E-state index contributed by atoms with van der Waals surface area (Å²) < 4.78 is 0. The predicted molar refractivity (Wildman–Crippen MR) is 91.6 cm³/mol. The number of aromatic nitrogens is 2. The van der Waals surface area contributed by atoms with Crippen LogP contribution in [-0.2, 0) is 6.42 Å². The molecule has 0 aromatic carbocycles. The number of hydrogen-bond acceptors (Lipinski definition) is 5. The molecule has 0 saturated carbocycles. The number of thiophene rings is 1. The lowest BCUT2D eigenvalue weighted by molar-refractivity contribution is 0.569. The lowest BCUT2D eigenvalue weighted by Gasteiger charge is -2.19. The van der Waals surface area contributed by atoms with Crippen molar-refractivity contribution in [2.45, 2.75) is 40.0 Å². The molecular weight excluding hydrogens is 280 g/mol. The third kappa shape index (κ3) is 2.84. The van der Waals surface area contributed by atoms with E-state index in [9.17, 15) is 0 Å². The molecule has 4 nitrogen and oxygen atoms in total. The van der Waals surface area contributed by atoms with E-state index >= 15 is 0 Å². The van der Waals surface area contributed by atoms with Crippen LogP contribution in [0.5, 0.6) is 0 Å². The molecule has 5 heteroatoms. The first-order valence-corrected chi connectivity index (χ1v) is 8.86. The van der Waals surface area contributed by atoms with Crippen molar-refractivity contribution in [2.24, 2.45) is 5.92 Å². The summed E-state index contributed by atoms with van der Waals surface area (Å²) in [4.78, 5) is 14.4. The molecule has 2 aromatic rings. The summed E-state index contributed by atoms with van der Waals surface area (Å²) in [7, 11) is 0. The van der Waals surface area contributed by atoms with Crippen LogP contribution in [0.25, 0.3) is 10.2 Å². The summed E-state index contributed by atoms with van der Waals surface area (Å²) in [6.07, 6.45) is 3.60. The highest BCUT2D eigenvalue weighted by atomic mass is 32.1. The van der Waals surface area contributed by atoms with Gasteiger partial charge in [0.15, 0.2) is 0 Å². The molecule has 1 saturated heterocycles. The lowest BCUT2D eigenvalue weighted by Crippen LogP contribution is -2.21.